The number of halogens is 9. The van der Waals surface area contributed by atoms with Gasteiger partial charge < -0.3 is 4.90 Å². The lowest BCUT2D eigenvalue weighted by Crippen LogP contribution is -2.47. The van der Waals surface area contributed by atoms with Crippen LogP contribution in [-0.4, -0.2) is 55.4 Å². The van der Waals surface area contributed by atoms with E-state index in [1.165, 1.54) is 21.3 Å². The normalized spacial score (nSPS) is 16.8. The number of hydrogen-bond acceptors (Lipinski definition) is 5. The second-order valence-electron chi connectivity index (χ2n) is 5.61. The van der Waals surface area contributed by atoms with Gasteiger partial charge in [0.15, 0.2) is 0 Å². The van der Waals surface area contributed by atoms with E-state index >= 15 is 0 Å². The summed E-state index contributed by atoms with van der Waals surface area (Å²) in [6.45, 7) is 0.840. The first-order chi connectivity index (χ1) is 13.2. The van der Waals surface area contributed by atoms with Crippen LogP contribution < -0.4 is 4.31 Å². The highest BCUT2D eigenvalue weighted by atomic mass is 35.5. The van der Waals surface area contributed by atoms with Gasteiger partial charge in [-0.3, -0.25) is 4.79 Å². The van der Waals surface area contributed by atoms with Crippen LogP contribution in [0.2, 0.25) is 0 Å². The minimum Gasteiger partial charge on any atom is -0.336 e. The molecule has 0 N–H and O–H groups in total. The van der Waals surface area contributed by atoms with Crippen LogP contribution in [0.1, 0.15) is 10.4 Å². The van der Waals surface area contributed by atoms with E-state index in [4.69, 9.17) is 46.4 Å². The molecule has 1 aromatic rings. The molecule has 0 spiro atoms. The van der Waals surface area contributed by atoms with Crippen molar-refractivity contribution in [2.75, 3.05) is 30.5 Å². The zero-order valence-corrected chi connectivity index (χ0v) is 18.8. The van der Waals surface area contributed by atoms with Crippen LogP contribution in [0.15, 0.2) is 24.3 Å². The Morgan fingerprint density at radius 3 is 2.03 bits per heavy atom. The summed E-state index contributed by atoms with van der Waals surface area (Å²) in [5, 5.41) is 0. The molecule has 1 amide bonds. The number of piperazine rings is 1. The molecule has 0 atom stereocenters. The Morgan fingerprint density at radius 1 is 0.966 bits per heavy atom. The fourth-order valence-corrected chi connectivity index (χ4v) is 4.60. The average molecular weight is 539 g/mol. The number of amides is 1. The van der Waals surface area contributed by atoms with Gasteiger partial charge in [0.05, 0.1) is 5.69 Å². The van der Waals surface area contributed by atoms with Crippen molar-refractivity contribution in [2.45, 2.75) is 14.1 Å². The zero-order valence-electron chi connectivity index (χ0n) is 14.1. The summed E-state index contributed by atoms with van der Waals surface area (Å²) in [5.74, 6) is -0.546. The van der Waals surface area contributed by atoms with Crippen molar-refractivity contribution >= 4 is 81.9 Å². The molecule has 0 aliphatic carbocycles. The summed E-state index contributed by atoms with van der Waals surface area (Å²) >= 11 is 20.8. The van der Waals surface area contributed by atoms with E-state index in [0.29, 0.717) is 11.9 Å². The van der Waals surface area contributed by atoms with Gasteiger partial charge in [-0.2, -0.15) is 8.78 Å². The van der Waals surface area contributed by atoms with Gasteiger partial charge in [-0.15, -0.1) is 13.2 Å². The van der Waals surface area contributed by atoms with Crippen molar-refractivity contribution in [1.82, 2.24) is 9.21 Å². The first kappa shape index (κ1) is 25.2. The summed E-state index contributed by atoms with van der Waals surface area (Å²) in [6, 6.07) is 4.52. The van der Waals surface area contributed by atoms with Crippen LogP contribution in [0.4, 0.5) is 27.6 Å². The van der Waals surface area contributed by atoms with Crippen molar-refractivity contribution in [3.63, 3.8) is 0 Å². The van der Waals surface area contributed by atoms with Gasteiger partial charge in [0.1, 0.15) is 0 Å². The third-order valence-electron chi connectivity index (χ3n) is 3.51. The second kappa shape index (κ2) is 9.62. The molecule has 15 heteroatoms. The van der Waals surface area contributed by atoms with E-state index in [9.17, 15) is 26.7 Å². The maximum atomic E-state index is 13.4. The molecule has 1 aliphatic rings. The fraction of sp³-hybridized carbons (Fsp3) is 0.500. The largest absolute Gasteiger partial charge is 0.495 e. The van der Waals surface area contributed by atoms with Gasteiger partial charge in [-0.25, -0.2) is 8.61 Å². The van der Waals surface area contributed by atoms with Crippen molar-refractivity contribution in [3.05, 3.63) is 29.8 Å². The topological polar surface area (TPSA) is 26.8 Å². The highest BCUT2D eigenvalue weighted by Gasteiger charge is 2.44. The van der Waals surface area contributed by atoms with Crippen molar-refractivity contribution in [2.24, 2.45) is 0 Å². The van der Waals surface area contributed by atoms with Gasteiger partial charge in [0, 0.05) is 43.7 Å². The molecule has 1 fully saturated rings. The third-order valence-corrected chi connectivity index (χ3v) is 5.98. The molecule has 0 unspecified atom stereocenters. The van der Waals surface area contributed by atoms with E-state index in [0.717, 1.165) is 12.1 Å². The highest BCUT2D eigenvalue weighted by molar-refractivity contribution is 8.04. The summed E-state index contributed by atoms with van der Waals surface area (Å²) in [5.41, 5.74) is -0.584. The van der Waals surface area contributed by atoms with Crippen molar-refractivity contribution < 1.29 is 26.7 Å². The highest BCUT2D eigenvalue weighted by Crippen LogP contribution is 2.46. The molecule has 0 radical (unpaired) electrons. The van der Waals surface area contributed by atoms with Gasteiger partial charge >= 0.3 is 14.1 Å². The molecular weight excluding hydrogens is 527 g/mol. The molecule has 1 aliphatic heterocycles. The molecule has 2 rings (SSSR count). The number of carbonyl (C=O) groups excluding carboxylic acids is 1. The van der Waals surface area contributed by atoms with Gasteiger partial charge in [-0.1, -0.05) is 52.5 Å². The van der Waals surface area contributed by atoms with Crippen LogP contribution in [-0.2, 0) is 0 Å². The molecule has 0 bridgehead atoms. The number of alkyl halides is 9. The number of anilines is 1. The van der Waals surface area contributed by atoms with Crippen LogP contribution in [0.25, 0.3) is 0 Å². The summed E-state index contributed by atoms with van der Waals surface area (Å²) < 4.78 is 61.9. The number of hydrogen-bond donors (Lipinski definition) is 0. The fourth-order valence-electron chi connectivity index (χ4n) is 2.43. The summed E-state index contributed by atoms with van der Waals surface area (Å²) in [7, 11) is 0. The smallest absolute Gasteiger partial charge is 0.336 e. The molecule has 164 valence electrons. The van der Waals surface area contributed by atoms with Gasteiger partial charge in [0.2, 0.25) is 0 Å². The lowest BCUT2D eigenvalue weighted by Gasteiger charge is -2.35. The lowest BCUT2D eigenvalue weighted by molar-refractivity contribution is -0.114. The Morgan fingerprint density at radius 2 is 1.55 bits per heavy atom. The standard InChI is InChI=1S/C14H12Cl4F5N3OS2/c15-12(16,19)28-25-6-4-24(5-7-25)11(27)9-2-1-3-10(8-9)26(14(21,22)23)29-13(17,18)20/h1-3,8H,4-7H2. The predicted octanol–water partition coefficient (Wildman–Crippen LogP) is 6.18. The Balaban J connectivity index is 2.13. The van der Waals surface area contributed by atoms with E-state index in [2.05, 4.69) is 0 Å². The SMILES string of the molecule is O=C(c1cccc(N(SC(F)(Cl)Cl)C(F)(F)F)c1)N1CCN(SC(F)(Cl)Cl)CC1. The van der Waals surface area contributed by atoms with E-state index in [1.807, 2.05) is 0 Å². The van der Waals surface area contributed by atoms with Crippen LogP contribution in [0.3, 0.4) is 0 Å². The molecular formula is C14H12Cl4F5N3OS2. The van der Waals surface area contributed by atoms with Crippen LogP contribution in [0, 0.1) is 0 Å². The van der Waals surface area contributed by atoms with Gasteiger partial charge in [0.25, 0.3) is 5.91 Å². The Bertz CT molecular complexity index is 724. The average Bonchev–Trinajstić information content (AvgIpc) is 2.57. The van der Waals surface area contributed by atoms with Crippen LogP contribution >= 0.6 is 70.3 Å². The molecule has 0 saturated carbocycles. The number of carbonyl (C=O) groups is 1. The summed E-state index contributed by atoms with van der Waals surface area (Å²) in [4.78, 5) is 14.0. The number of rotatable bonds is 6. The van der Waals surface area contributed by atoms with Crippen LogP contribution in [0.5, 0.6) is 0 Å². The van der Waals surface area contributed by atoms with E-state index in [1.54, 1.807) is 0 Å². The minimum absolute atomic E-state index is 0.0541. The van der Waals surface area contributed by atoms with Crippen molar-refractivity contribution in [1.29, 1.82) is 0 Å². The molecule has 29 heavy (non-hydrogen) atoms. The maximum Gasteiger partial charge on any atom is 0.495 e. The van der Waals surface area contributed by atoms with Crippen molar-refractivity contribution in [3.8, 4) is 0 Å². The number of benzene rings is 1. The van der Waals surface area contributed by atoms with E-state index in [-0.39, 0.29) is 36.0 Å². The Hall–Kier alpha value is -0.0400. The first-order valence-corrected chi connectivity index (χ1v) is 10.7. The molecule has 1 saturated heterocycles. The first-order valence-electron chi connectivity index (χ1n) is 7.69. The Labute approximate surface area is 191 Å². The molecule has 1 heterocycles. The monoisotopic (exact) mass is 537 g/mol. The van der Waals surface area contributed by atoms with E-state index < -0.39 is 37.7 Å². The quantitative estimate of drug-likeness (QED) is 0.186. The maximum absolute atomic E-state index is 13.4. The minimum atomic E-state index is -5.02. The predicted molar refractivity (Wildman–Crippen MR) is 109 cm³/mol. The molecule has 1 aromatic carbocycles. The lowest BCUT2D eigenvalue weighted by atomic mass is 10.1. The van der Waals surface area contributed by atoms with Gasteiger partial charge in [-0.05, 0) is 30.1 Å². The summed E-state index contributed by atoms with van der Waals surface area (Å²) in [6.07, 6.45) is -5.02. The zero-order chi connectivity index (χ0) is 22.0. The molecule has 0 aromatic heterocycles. The Kier molecular flexibility index (Phi) is 8.37. The third kappa shape index (κ3) is 8.19. The second-order valence-corrected chi connectivity index (χ2v) is 11.3. The number of nitrogens with zero attached hydrogens (tertiary/aromatic N) is 3. The molecule has 4 nitrogen and oxygen atoms in total.